The number of rotatable bonds is 2. The summed E-state index contributed by atoms with van der Waals surface area (Å²) in [6, 6.07) is 13.4. The number of nitrogen functional groups attached to an aromatic ring is 1. The smallest absolute Gasteiger partial charge is 0.248 e. The monoisotopic (exact) mass is 305 g/mol. The number of para-hydroxylation sites is 1. The predicted octanol–water partition coefficient (Wildman–Crippen LogP) is 3.56. The first-order valence-corrected chi connectivity index (χ1v) is 7.33. The molecule has 0 fully saturated rings. The normalized spacial score (nSPS) is 13.2. The third kappa shape index (κ3) is 2.46. The number of hydrogen-bond donors (Lipinski definition) is 1. The second kappa shape index (κ2) is 5.28. The standard InChI is InChI=1S/C18H15N3O2/c1-11-3-2-4-13-9-14(10-22-16(11)13)18-21-20-17(23-18)12-5-7-15(19)8-6-12/h2-9H,10,19H2,1H3. The largest absolute Gasteiger partial charge is 0.488 e. The third-order valence-corrected chi connectivity index (χ3v) is 3.80. The van der Waals surface area contributed by atoms with Gasteiger partial charge >= 0.3 is 0 Å². The highest BCUT2D eigenvalue weighted by Crippen LogP contribution is 2.33. The molecule has 2 heterocycles. The van der Waals surface area contributed by atoms with Gasteiger partial charge in [0.15, 0.2) is 0 Å². The molecule has 1 aromatic heterocycles. The summed E-state index contributed by atoms with van der Waals surface area (Å²) in [6.45, 7) is 2.45. The number of aromatic nitrogens is 2. The summed E-state index contributed by atoms with van der Waals surface area (Å²) < 4.78 is 11.6. The fourth-order valence-electron chi connectivity index (χ4n) is 2.58. The molecule has 114 valence electrons. The lowest BCUT2D eigenvalue weighted by atomic mass is 10.0. The molecule has 1 aliphatic heterocycles. The fraction of sp³-hybridized carbons (Fsp3) is 0.111. The maximum atomic E-state index is 5.84. The molecule has 0 unspecified atom stereocenters. The Morgan fingerprint density at radius 1 is 1.00 bits per heavy atom. The van der Waals surface area contributed by atoms with Crippen molar-refractivity contribution in [3.8, 4) is 17.2 Å². The molecule has 2 N–H and O–H groups in total. The van der Waals surface area contributed by atoms with E-state index in [0.717, 1.165) is 28.0 Å². The third-order valence-electron chi connectivity index (χ3n) is 3.80. The summed E-state index contributed by atoms with van der Waals surface area (Å²) in [4.78, 5) is 0. The number of hydrogen-bond acceptors (Lipinski definition) is 5. The molecule has 0 saturated carbocycles. The molecule has 4 rings (SSSR count). The van der Waals surface area contributed by atoms with E-state index in [-0.39, 0.29) is 0 Å². The number of fused-ring (bicyclic) bond motifs is 1. The van der Waals surface area contributed by atoms with Crippen LogP contribution in [0.25, 0.3) is 23.1 Å². The summed E-state index contributed by atoms with van der Waals surface area (Å²) in [7, 11) is 0. The molecule has 0 spiro atoms. The molecule has 0 aliphatic carbocycles. The van der Waals surface area contributed by atoms with E-state index in [1.807, 2.05) is 43.3 Å². The van der Waals surface area contributed by atoms with Crippen molar-refractivity contribution in [2.75, 3.05) is 12.3 Å². The van der Waals surface area contributed by atoms with Gasteiger partial charge in [-0.1, -0.05) is 18.2 Å². The van der Waals surface area contributed by atoms with Crippen LogP contribution in [-0.2, 0) is 0 Å². The van der Waals surface area contributed by atoms with Crippen molar-refractivity contribution >= 4 is 17.3 Å². The fourth-order valence-corrected chi connectivity index (χ4v) is 2.58. The summed E-state index contributed by atoms with van der Waals surface area (Å²) in [5, 5.41) is 8.25. The van der Waals surface area contributed by atoms with Gasteiger partial charge < -0.3 is 14.9 Å². The first-order chi connectivity index (χ1) is 11.2. The van der Waals surface area contributed by atoms with Crippen molar-refractivity contribution in [2.45, 2.75) is 6.92 Å². The summed E-state index contributed by atoms with van der Waals surface area (Å²) >= 11 is 0. The minimum Gasteiger partial charge on any atom is -0.488 e. The topological polar surface area (TPSA) is 74.2 Å². The van der Waals surface area contributed by atoms with Crippen molar-refractivity contribution in [3.63, 3.8) is 0 Å². The van der Waals surface area contributed by atoms with Gasteiger partial charge in [0.25, 0.3) is 0 Å². The van der Waals surface area contributed by atoms with Gasteiger partial charge in [-0.3, -0.25) is 0 Å². The molecule has 23 heavy (non-hydrogen) atoms. The molecule has 1 aliphatic rings. The maximum Gasteiger partial charge on any atom is 0.248 e. The second-order valence-electron chi connectivity index (χ2n) is 5.49. The Balaban J connectivity index is 1.68. The Labute approximate surface area is 133 Å². The van der Waals surface area contributed by atoms with Crippen LogP contribution in [0.3, 0.4) is 0 Å². The SMILES string of the molecule is Cc1cccc2c1OCC(c1nnc(-c3ccc(N)cc3)o1)=C2. The first kappa shape index (κ1) is 13.6. The van der Waals surface area contributed by atoms with Gasteiger partial charge in [-0.25, -0.2) is 0 Å². The number of aryl methyl sites for hydroxylation is 1. The van der Waals surface area contributed by atoms with Gasteiger partial charge in [-0.15, -0.1) is 10.2 Å². The molecule has 5 nitrogen and oxygen atoms in total. The zero-order chi connectivity index (χ0) is 15.8. The van der Waals surface area contributed by atoms with Crippen molar-refractivity contribution in [1.82, 2.24) is 10.2 Å². The van der Waals surface area contributed by atoms with E-state index in [9.17, 15) is 0 Å². The zero-order valence-electron chi connectivity index (χ0n) is 12.6. The molecule has 0 bridgehead atoms. The van der Waals surface area contributed by atoms with E-state index in [2.05, 4.69) is 10.2 Å². The lowest BCUT2D eigenvalue weighted by Gasteiger charge is -2.17. The van der Waals surface area contributed by atoms with Crippen LogP contribution in [0, 0.1) is 6.92 Å². The van der Waals surface area contributed by atoms with Crippen LogP contribution in [0.2, 0.25) is 0 Å². The van der Waals surface area contributed by atoms with Crippen molar-refractivity contribution in [1.29, 1.82) is 0 Å². The predicted molar refractivity (Wildman–Crippen MR) is 88.7 cm³/mol. The highest BCUT2D eigenvalue weighted by Gasteiger charge is 2.19. The highest BCUT2D eigenvalue weighted by atomic mass is 16.5. The number of benzene rings is 2. The molecule has 0 amide bonds. The number of ether oxygens (including phenoxy) is 1. The van der Waals surface area contributed by atoms with E-state index in [1.165, 1.54) is 0 Å². The van der Waals surface area contributed by atoms with Gasteiger partial charge in [0.05, 0.1) is 5.57 Å². The second-order valence-corrected chi connectivity index (χ2v) is 5.49. The van der Waals surface area contributed by atoms with E-state index >= 15 is 0 Å². The molecule has 3 aromatic rings. The van der Waals surface area contributed by atoms with Gasteiger partial charge in [0, 0.05) is 16.8 Å². The number of nitrogens with two attached hydrogens (primary N) is 1. The minimum absolute atomic E-state index is 0.418. The van der Waals surface area contributed by atoms with Crippen molar-refractivity contribution in [2.24, 2.45) is 0 Å². The number of anilines is 1. The Kier molecular flexibility index (Phi) is 3.12. The molecular formula is C18H15N3O2. The van der Waals surface area contributed by atoms with Crippen LogP contribution in [0.5, 0.6) is 5.75 Å². The summed E-state index contributed by atoms with van der Waals surface area (Å²) in [5.41, 5.74) is 10.2. The van der Waals surface area contributed by atoms with Gasteiger partial charge in [-0.2, -0.15) is 0 Å². The molecule has 5 heteroatoms. The zero-order valence-corrected chi connectivity index (χ0v) is 12.6. The summed E-state index contributed by atoms with van der Waals surface area (Å²) in [5.74, 6) is 1.86. The molecular weight excluding hydrogens is 290 g/mol. The van der Waals surface area contributed by atoms with Crippen LogP contribution in [0.15, 0.2) is 46.9 Å². The van der Waals surface area contributed by atoms with E-state index < -0.39 is 0 Å². The minimum atomic E-state index is 0.418. The van der Waals surface area contributed by atoms with Crippen LogP contribution < -0.4 is 10.5 Å². The van der Waals surface area contributed by atoms with Gasteiger partial charge in [-0.05, 0) is 42.8 Å². The molecule has 0 saturated heterocycles. The van der Waals surface area contributed by atoms with Crippen LogP contribution >= 0.6 is 0 Å². The van der Waals surface area contributed by atoms with Gasteiger partial charge in [0.1, 0.15) is 12.4 Å². The molecule has 0 radical (unpaired) electrons. The van der Waals surface area contributed by atoms with Crippen LogP contribution in [-0.4, -0.2) is 16.8 Å². The first-order valence-electron chi connectivity index (χ1n) is 7.33. The Hall–Kier alpha value is -3.08. The Bertz CT molecular complexity index is 895. The quantitative estimate of drug-likeness (QED) is 0.733. The van der Waals surface area contributed by atoms with Crippen LogP contribution in [0.4, 0.5) is 5.69 Å². The van der Waals surface area contributed by atoms with E-state index in [1.54, 1.807) is 12.1 Å². The maximum absolute atomic E-state index is 5.84. The van der Waals surface area contributed by atoms with Crippen molar-refractivity contribution < 1.29 is 9.15 Å². The Morgan fingerprint density at radius 2 is 1.78 bits per heavy atom. The van der Waals surface area contributed by atoms with Crippen molar-refractivity contribution in [3.05, 3.63) is 59.5 Å². The molecule has 2 aromatic carbocycles. The number of nitrogens with zero attached hydrogens (tertiary/aromatic N) is 2. The van der Waals surface area contributed by atoms with Crippen LogP contribution in [0.1, 0.15) is 17.0 Å². The summed E-state index contributed by atoms with van der Waals surface area (Å²) in [6.07, 6.45) is 2.03. The molecule has 0 atom stereocenters. The lowest BCUT2D eigenvalue weighted by Crippen LogP contribution is -2.08. The average molecular weight is 305 g/mol. The lowest BCUT2D eigenvalue weighted by molar-refractivity contribution is 0.358. The van der Waals surface area contributed by atoms with E-state index in [0.29, 0.717) is 24.1 Å². The highest BCUT2D eigenvalue weighted by molar-refractivity contribution is 5.83. The van der Waals surface area contributed by atoms with E-state index in [4.69, 9.17) is 14.9 Å². The Morgan fingerprint density at radius 3 is 2.61 bits per heavy atom. The van der Waals surface area contributed by atoms with Gasteiger partial charge in [0.2, 0.25) is 11.8 Å². The average Bonchev–Trinajstić information content (AvgIpc) is 3.05.